The zero-order chi connectivity index (χ0) is 22.4. The maximum atomic E-state index is 12.5. The van der Waals surface area contributed by atoms with Gasteiger partial charge in [-0.1, -0.05) is 0 Å². The van der Waals surface area contributed by atoms with Crippen molar-refractivity contribution < 1.29 is 27.4 Å². The number of aromatic nitrogens is 2. The fraction of sp³-hybridized carbons (Fsp3) is 0.600. The largest absolute Gasteiger partial charge is 0.493 e. The summed E-state index contributed by atoms with van der Waals surface area (Å²) < 4.78 is 51.4. The highest BCUT2D eigenvalue weighted by molar-refractivity contribution is 5.81. The highest BCUT2D eigenvalue weighted by Gasteiger charge is 2.27. The van der Waals surface area contributed by atoms with Crippen LogP contribution in [0.25, 0.3) is 10.9 Å². The van der Waals surface area contributed by atoms with E-state index in [0.29, 0.717) is 47.7 Å². The Bertz CT molecular complexity index is 927. The second-order valence-electron chi connectivity index (χ2n) is 7.38. The predicted molar refractivity (Wildman–Crippen MR) is 109 cm³/mol. The Morgan fingerprint density at radius 1 is 1.06 bits per heavy atom. The number of benzene rings is 1. The van der Waals surface area contributed by atoms with E-state index in [1.165, 1.54) is 14.2 Å². The van der Waals surface area contributed by atoms with Gasteiger partial charge in [0.25, 0.3) is 5.56 Å². The number of aromatic amines is 1. The lowest BCUT2D eigenvalue weighted by molar-refractivity contribution is -0.174. The molecule has 0 aliphatic carbocycles. The van der Waals surface area contributed by atoms with Crippen LogP contribution in [0.3, 0.4) is 0 Å². The third-order valence-electron chi connectivity index (χ3n) is 5.13. The van der Waals surface area contributed by atoms with Crippen molar-refractivity contribution in [3.63, 3.8) is 0 Å². The first-order valence-electron chi connectivity index (χ1n) is 10.0. The first kappa shape index (κ1) is 23.3. The number of ether oxygens (including phenoxy) is 3. The number of rotatable bonds is 9. The van der Waals surface area contributed by atoms with E-state index >= 15 is 0 Å². The Morgan fingerprint density at radius 2 is 1.71 bits per heavy atom. The van der Waals surface area contributed by atoms with E-state index < -0.39 is 12.8 Å². The number of nitrogens with one attached hydrogen (secondary N) is 1. The van der Waals surface area contributed by atoms with Gasteiger partial charge in [-0.2, -0.15) is 13.2 Å². The third-order valence-corrected chi connectivity index (χ3v) is 5.13. The predicted octanol–water partition coefficient (Wildman–Crippen LogP) is 2.03. The molecule has 0 amide bonds. The fourth-order valence-electron chi connectivity index (χ4n) is 3.55. The maximum absolute atomic E-state index is 12.5. The second kappa shape index (κ2) is 10.3. The Morgan fingerprint density at radius 3 is 2.35 bits per heavy atom. The summed E-state index contributed by atoms with van der Waals surface area (Å²) in [4.78, 5) is 24.3. The summed E-state index contributed by atoms with van der Waals surface area (Å²) >= 11 is 0. The van der Waals surface area contributed by atoms with Gasteiger partial charge in [0.2, 0.25) is 0 Å². The summed E-state index contributed by atoms with van der Waals surface area (Å²) in [5.41, 5.74) is 0.298. The van der Waals surface area contributed by atoms with Crippen molar-refractivity contribution in [3.05, 3.63) is 28.3 Å². The lowest BCUT2D eigenvalue weighted by Gasteiger charge is -2.34. The van der Waals surface area contributed by atoms with E-state index in [-0.39, 0.29) is 12.2 Å². The minimum absolute atomic E-state index is 0.0935. The Kier molecular flexibility index (Phi) is 7.74. The average Bonchev–Trinajstić information content (AvgIpc) is 2.73. The molecule has 3 rings (SSSR count). The number of methoxy groups -OCH3 is 2. The van der Waals surface area contributed by atoms with Crippen LogP contribution in [0.2, 0.25) is 0 Å². The van der Waals surface area contributed by atoms with Gasteiger partial charge in [0, 0.05) is 45.4 Å². The summed E-state index contributed by atoms with van der Waals surface area (Å²) in [5, 5.41) is 0.430. The number of H-pyrrole nitrogens is 1. The topological polar surface area (TPSA) is 79.9 Å². The van der Waals surface area contributed by atoms with Gasteiger partial charge in [-0.15, -0.1) is 0 Å². The van der Waals surface area contributed by atoms with Crippen molar-refractivity contribution in [2.24, 2.45) is 0 Å². The summed E-state index contributed by atoms with van der Waals surface area (Å²) in [7, 11) is 3.04. The summed E-state index contributed by atoms with van der Waals surface area (Å²) in [6, 6.07) is 3.30. The minimum Gasteiger partial charge on any atom is -0.493 e. The number of hydrogen-bond donors (Lipinski definition) is 1. The average molecular weight is 444 g/mol. The lowest BCUT2D eigenvalue weighted by Crippen LogP contribution is -2.46. The normalized spacial score (nSPS) is 16.0. The van der Waals surface area contributed by atoms with Crippen molar-refractivity contribution in [2.45, 2.75) is 19.1 Å². The van der Waals surface area contributed by atoms with Crippen LogP contribution >= 0.6 is 0 Å². The zero-order valence-electron chi connectivity index (χ0n) is 17.6. The Hall–Kier alpha value is -2.37. The smallest absolute Gasteiger partial charge is 0.411 e. The van der Waals surface area contributed by atoms with E-state index in [1.54, 1.807) is 12.1 Å². The molecule has 0 radical (unpaired) electrons. The molecule has 1 aromatic heterocycles. The highest BCUT2D eigenvalue weighted by Crippen LogP contribution is 2.30. The molecule has 2 heterocycles. The van der Waals surface area contributed by atoms with Crippen molar-refractivity contribution in [3.8, 4) is 11.5 Å². The summed E-state index contributed by atoms with van der Waals surface area (Å²) in [6.07, 6.45) is -3.72. The van der Waals surface area contributed by atoms with E-state index in [1.807, 2.05) is 0 Å². The molecule has 31 heavy (non-hydrogen) atoms. The molecule has 0 bridgehead atoms. The summed E-state index contributed by atoms with van der Waals surface area (Å²) in [5.74, 6) is 1.54. The highest BCUT2D eigenvalue weighted by atomic mass is 19.4. The van der Waals surface area contributed by atoms with Gasteiger partial charge in [0.05, 0.1) is 31.7 Å². The third kappa shape index (κ3) is 6.55. The molecule has 0 saturated carbocycles. The summed E-state index contributed by atoms with van der Waals surface area (Å²) in [6.45, 7) is 3.23. The monoisotopic (exact) mass is 444 g/mol. The fourth-order valence-corrected chi connectivity index (χ4v) is 3.55. The Balaban J connectivity index is 1.51. The van der Waals surface area contributed by atoms with E-state index in [2.05, 4.69) is 24.5 Å². The maximum Gasteiger partial charge on any atom is 0.411 e. The molecule has 1 saturated heterocycles. The molecule has 172 valence electrons. The number of piperazine rings is 1. The van der Waals surface area contributed by atoms with Crippen LogP contribution < -0.4 is 15.0 Å². The van der Waals surface area contributed by atoms with Crippen LogP contribution in [0.15, 0.2) is 16.9 Å². The molecule has 1 aliphatic rings. The number of halogens is 3. The van der Waals surface area contributed by atoms with Crippen LogP contribution in [0.5, 0.6) is 11.5 Å². The van der Waals surface area contributed by atoms with Crippen LogP contribution in [0.4, 0.5) is 13.2 Å². The Labute approximate surface area is 177 Å². The van der Waals surface area contributed by atoms with Crippen molar-refractivity contribution >= 4 is 10.9 Å². The molecule has 1 N–H and O–H groups in total. The van der Waals surface area contributed by atoms with Gasteiger partial charge in [0.15, 0.2) is 11.5 Å². The van der Waals surface area contributed by atoms with E-state index in [4.69, 9.17) is 9.47 Å². The lowest BCUT2D eigenvalue weighted by atomic mass is 10.2. The first-order valence-corrected chi connectivity index (χ1v) is 10.0. The van der Waals surface area contributed by atoms with Gasteiger partial charge >= 0.3 is 6.18 Å². The molecule has 2 aromatic rings. The standard InChI is InChI=1S/C20H27F3N4O4/c1-29-16-10-14-15(11-17(16)30-2)24-18(25-19(14)28)12-27-7-5-26(6-8-27)4-3-9-31-13-20(21,22)23/h10-11H,3-9,12-13H2,1-2H3,(H,24,25,28). The van der Waals surface area contributed by atoms with Gasteiger partial charge in [-0.05, 0) is 12.5 Å². The van der Waals surface area contributed by atoms with E-state index in [9.17, 15) is 18.0 Å². The van der Waals surface area contributed by atoms with Gasteiger partial charge in [-0.25, -0.2) is 4.98 Å². The number of hydrogen-bond acceptors (Lipinski definition) is 7. The molecule has 8 nitrogen and oxygen atoms in total. The van der Waals surface area contributed by atoms with Crippen LogP contribution in [-0.4, -0.2) is 86.1 Å². The van der Waals surface area contributed by atoms with Crippen LogP contribution in [-0.2, 0) is 11.3 Å². The second-order valence-corrected chi connectivity index (χ2v) is 7.38. The molecular weight excluding hydrogens is 417 g/mol. The number of nitrogens with zero attached hydrogens (tertiary/aromatic N) is 3. The number of alkyl halides is 3. The van der Waals surface area contributed by atoms with Crippen molar-refractivity contribution in [2.75, 3.05) is 60.2 Å². The van der Waals surface area contributed by atoms with Crippen molar-refractivity contribution in [1.82, 2.24) is 19.8 Å². The molecule has 1 aliphatic heterocycles. The molecule has 1 fully saturated rings. The van der Waals surface area contributed by atoms with Gasteiger partial charge < -0.3 is 24.1 Å². The van der Waals surface area contributed by atoms with Gasteiger partial charge in [-0.3, -0.25) is 9.69 Å². The van der Waals surface area contributed by atoms with Gasteiger partial charge in [0.1, 0.15) is 12.4 Å². The molecule has 0 atom stereocenters. The minimum atomic E-state index is -4.28. The zero-order valence-corrected chi connectivity index (χ0v) is 17.6. The number of fused-ring (bicyclic) bond motifs is 1. The van der Waals surface area contributed by atoms with Crippen LogP contribution in [0, 0.1) is 0 Å². The molecule has 1 aromatic carbocycles. The SMILES string of the molecule is COc1cc2nc(CN3CCN(CCCOCC(F)(F)F)CC3)[nH]c(=O)c2cc1OC. The molecule has 0 spiro atoms. The molecular formula is C20H27F3N4O4. The molecule has 11 heteroatoms. The molecule has 0 unspecified atom stereocenters. The van der Waals surface area contributed by atoms with Crippen molar-refractivity contribution in [1.29, 1.82) is 0 Å². The van der Waals surface area contributed by atoms with E-state index in [0.717, 1.165) is 26.2 Å². The quantitative estimate of drug-likeness (QED) is 0.593. The van der Waals surface area contributed by atoms with Crippen LogP contribution in [0.1, 0.15) is 12.2 Å². The first-order chi connectivity index (χ1) is 14.8.